The fraction of sp³-hybridized carbons (Fsp3) is 0.0312. The van der Waals surface area contributed by atoms with Crippen LogP contribution in [-0.2, 0) is 0 Å². The number of carbonyl (C=O) groups excluding carboxylic acids is 1. The fourth-order valence-corrected chi connectivity index (χ4v) is 4.80. The van der Waals surface area contributed by atoms with Crippen molar-refractivity contribution in [2.24, 2.45) is 0 Å². The molecule has 12 nitrogen and oxygen atoms in total. The number of non-ortho nitro benzene ring substituents is 2. The minimum atomic E-state index is -0.488. The number of ketones is 1. The molecule has 0 saturated heterocycles. The van der Waals surface area contributed by atoms with Crippen molar-refractivity contribution in [1.29, 1.82) is 0 Å². The lowest BCUT2D eigenvalue weighted by Crippen LogP contribution is -2.02. The van der Waals surface area contributed by atoms with Gasteiger partial charge in [-0.3, -0.25) is 25.0 Å². The molecular weight excluding hydrogens is 564 g/mol. The van der Waals surface area contributed by atoms with Crippen LogP contribution in [0.2, 0.25) is 0 Å². The third kappa shape index (κ3) is 5.30. The topological polar surface area (TPSA) is 152 Å². The minimum absolute atomic E-state index is 0.0394. The zero-order chi connectivity index (χ0) is 30.8. The molecule has 0 aliphatic rings. The van der Waals surface area contributed by atoms with Gasteiger partial charge in [0.1, 0.15) is 5.69 Å². The van der Waals surface area contributed by atoms with Crippen molar-refractivity contribution in [3.8, 4) is 34.0 Å². The predicted molar refractivity (Wildman–Crippen MR) is 162 cm³/mol. The first-order chi connectivity index (χ1) is 21.3. The number of allylic oxidation sites excluding steroid dienone is 1. The number of hydrogen-bond acceptors (Lipinski definition) is 8. The van der Waals surface area contributed by atoms with Gasteiger partial charge < -0.3 is 4.42 Å². The van der Waals surface area contributed by atoms with Crippen molar-refractivity contribution >= 4 is 23.2 Å². The highest BCUT2D eigenvalue weighted by atomic mass is 16.6. The Labute approximate surface area is 249 Å². The van der Waals surface area contributed by atoms with Crippen LogP contribution < -0.4 is 0 Å². The summed E-state index contributed by atoms with van der Waals surface area (Å²) in [6, 6.07) is 24.7. The molecule has 0 bridgehead atoms. The maximum absolute atomic E-state index is 13.8. The van der Waals surface area contributed by atoms with Crippen LogP contribution in [0.3, 0.4) is 0 Å². The number of nitro groups is 2. The number of carbonyl (C=O) groups is 1. The van der Waals surface area contributed by atoms with Gasteiger partial charge in [-0.1, -0.05) is 18.2 Å². The van der Waals surface area contributed by atoms with Crippen LogP contribution in [0.5, 0.6) is 0 Å². The summed E-state index contributed by atoms with van der Waals surface area (Å²) in [4.78, 5) is 35.2. The van der Waals surface area contributed by atoms with Crippen LogP contribution in [0.25, 0.3) is 40.0 Å². The Morgan fingerprint density at radius 3 is 2.09 bits per heavy atom. The summed E-state index contributed by atoms with van der Waals surface area (Å²) in [5, 5.41) is 31.6. The van der Waals surface area contributed by atoms with Crippen molar-refractivity contribution < 1.29 is 19.1 Å². The van der Waals surface area contributed by atoms with E-state index in [0.29, 0.717) is 39.7 Å². The van der Waals surface area contributed by atoms with E-state index in [1.165, 1.54) is 41.3 Å². The quantitative estimate of drug-likeness (QED) is 0.0759. The second-order valence-electron chi connectivity index (χ2n) is 9.68. The average molecular weight is 587 g/mol. The molecule has 0 fully saturated rings. The predicted octanol–water partition coefficient (Wildman–Crippen LogP) is 7.01. The fourth-order valence-electron chi connectivity index (χ4n) is 4.80. The maximum atomic E-state index is 13.8. The summed E-state index contributed by atoms with van der Waals surface area (Å²) >= 11 is 0. The first-order valence-electron chi connectivity index (χ1n) is 13.3. The molecule has 0 unspecified atom stereocenters. The van der Waals surface area contributed by atoms with E-state index >= 15 is 0 Å². The van der Waals surface area contributed by atoms with Gasteiger partial charge in [0, 0.05) is 36.0 Å². The molecule has 216 valence electrons. The smallest absolute Gasteiger partial charge is 0.269 e. The van der Waals surface area contributed by atoms with Gasteiger partial charge in [0.05, 0.1) is 44.4 Å². The number of nitro benzene ring substituents is 2. The van der Waals surface area contributed by atoms with E-state index in [0.717, 1.165) is 5.69 Å². The zero-order valence-corrected chi connectivity index (χ0v) is 23.1. The zero-order valence-electron chi connectivity index (χ0n) is 23.1. The number of rotatable bonds is 9. The lowest BCUT2D eigenvalue weighted by molar-refractivity contribution is -0.385. The highest BCUT2D eigenvalue weighted by Gasteiger charge is 2.24. The summed E-state index contributed by atoms with van der Waals surface area (Å²) < 4.78 is 8.79. The number of para-hydroxylation sites is 1. The van der Waals surface area contributed by atoms with E-state index in [-0.39, 0.29) is 22.7 Å². The number of nitrogens with zero attached hydrogens (tertiary/aromatic N) is 6. The Hall–Kier alpha value is -6.43. The molecule has 0 aliphatic carbocycles. The minimum Gasteiger partial charge on any atom is -0.463 e. The molecule has 44 heavy (non-hydrogen) atoms. The summed E-state index contributed by atoms with van der Waals surface area (Å²) in [6.45, 7) is 1.73. The number of benzene rings is 3. The van der Waals surface area contributed by atoms with Crippen LogP contribution in [-0.4, -0.2) is 35.2 Å². The monoisotopic (exact) mass is 586 g/mol. The molecule has 0 radical (unpaired) electrons. The average Bonchev–Trinajstić information content (AvgIpc) is 3.80. The second kappa shape index (κ2) is 11.4. The molecule has 0 saturated carbocycles. The van der Waals surface area contributed by atoms with E-state index < -0.39 is 9.85 Å². The Morgan fingerprint density at radius 2 is 1.48 bits per heavy atom. The third-order valence-corrected chi connectivity index (χ3v) is 6.97. The summed E-state index contributed by atoms with van der Waals surface area (Å²) in [5.41, 5.74) is 4.14. The molecule has 12 heteroatoms. The van der Waals surface area contributed by atoms with Crippen LogP contribution in [0, 0.1) is 27.2 Å². The first-order valence-corrected chi connectivity index (χ1v) is 13.3. The van der Waals surface area contributed by atoms with Gasteiger partial charge in [0.15, 0.2) is 11.5 Å². The molecule has 3 aromatic carbocycles. The highest BCUT2D eigenvalue weighted by Crippen LogP contribution is 2.31. The summed E-state index contributed by atoms with van der Waals surface area (Å²) in [7, 11) is 0. The normalized spacial score (nSPS) is 11.2. The Kier molecular flexibility index (Phi) is 7.21. The van der Waals surface area contributed by atoms with Gasteiger partial charge in [0.2, 0.25) is 0 Å². The molecule has 0 aliphatic heterocycles. The maximum Gasteiger partial charge on any atom is 0.269 e. The number of furan rings is 1. The molecule has 3 aromatic heterocycles. The molecule has 6 rings (SSSR count). The second-order valence-corrected chi connectivity index (χ2v) is 9.68. The number of hydrogen-bond donors (Lipinski definition) is 0. The SMILES string of the molecule is Cc1c(C(=O)/C=C/c2nn(-c3ccccc3)cc2-c2ccc([N+](=O)[O-])cc2)c(-c2ccco2)nn1-c1ccc([N+](=O)[O-])cc1. The highest BCUT2D eigenvalue weighted by molar-refractivity contribution is 6.11. The van der Waals surface area contributed by atoms with Gasteiger partial charge in [0.25, 0.3) is 11.4 Å². The molecular formula is C32H22N6O6. The summed E-state index contributed by atoms with van der Waals surface area (Å²) in [5.74, 6) is 0.0106. The van der Waals surface area contributed by atoms with Crippen molar-refractivity contribution in [2.45, 2.75) is 6.92 Å². The molecule has 0 amide bonds. The Bertz CT molecular complexity index is 2020. The van der Waals surface area contributed by atoms with Crippen LogP contribution in [0.15, 0.2) is 114 Å². The lowest BCUT2D eigenvalue weighted by atomic mass is 10.0. The van der Waals surface area contributed by atoms with Gasteiger partial charge in [-0.2, -0.15) is 10.2 Å². The van der Waals surface area contributed by atoms with Crippen molar-refractivity contribution in [3.05, 3.63) is 147 Å². The largest absolute Gasteiger partial charge is 0.463 e. The van der Waals surface area contributed by atoms with Crippen LogP contribution in [0.1, 0.15) is 21.7 Å². The van der Waals surface area contributed by atoms with Gasteiger partial charge in [-0.25, -0.2) is 9.36 Å². The molecule has 6 aromatic rings. The van der Waals surface area contributed by atoms with Crippen molar-refractivity contribution in [3.63, 3.8) is 0 Å². The van der Waals surface area contributed by atoms with E-state index in [9.17, 15) is 25.0 Å². The van der Waals surface area contributed by atoms with E-state index in [4.69, 9.17) is 9.52 Å². The van der Waals surface area contributed by atoms with Crippen LogP contribution in [0.4, 0.5) is 11.4 Å². The molecule has 0 atom stereocenters. The molecule has 0 spiro atoms. The van der Waals surface area contributed by atoms with E-state index in [1.54, 1.807) is 60.3 Å². The standard InChI is InChI=1S/C32H22N6O6/c1-21-31(32(30-8-5-19-44-30)34-36(21)24-13-15-26(16-14-24)38(42)43)29(39)18-17-28-27(22-9-11-25(12-10-22)37(40)41)20-35(33-28)23-6-3-2-4-7-23/h2-20H,1H3/b18-17+. The van der Waals surface area contributed by atoms with Gasteiger partial charge >= 0.3 is 0 Å². The number of aromatic nitrogens is 4. The first kappa shape index (κ1) is 27.7. The van der Waals surface area contributed by atoms with Crippen molar-refractivity contribution in [2.75, 3.05) is 0 Å². The Balaban J connectivity index is 1.41. The lowest BCUT2D eigenvalue weighted by Gasteiger charge is -2.04. The molecule has 3 heterocycles. The third-order valence-electron chi connectivity index (χ3n) is 6.97. The molecule has 0 N–H and O–H groups in total. The summed E-state index contributed by atoms with van der Waals surface area (Å²) in [6.07, 6.45) is 6.26. The van der Waals surface area contributed by atoms with Crippen molar-refractivity contribution in [1.82, 2.24) is 19.6 Å². The van der Waals surface area contributed by atoms with E-state index in [1.807, 2.05) is 30.3 Å². The Morgan fingerprint density at radius 1 is 0.818 bits per heavy atom. The van der Waals surface area contributed by atoms with Gasteiger partial charge in [-0.05, 0) is 73.2 Å². The van der Waals surface area contributed by atoms with Crippen LogP contribution >= 0.6 is 0 Å². The van der Waals surface area contributed by atoms with Gasteiger partial charge in [-0.15, -0.1) is 0 Å². The van der Waals surface area contributed by atoms with E-state index in [2.05, 4.69) is 5.10 Å².